The summed E-state index contributed by atoms with van der Waals surface area (Å²) >= 11 is 7.72. The van der Waals surface area contributed by atoms with E-state index >= 15 is 0 Å². The summed E-state index contributed by atoms with van der Waals surface area (Å²) in [5, 5.41) is 1.10. The van der Waals surface area contributed by atoms with Gasteiger partial charge in [-0.05, 0) is 24.3 Å². The Balaban J connectivity index is 2.88. The second kappa shape index (κ2) is 3.07. The molecule has 12 heavy (non-hydrogen) atoms. The van der Waals surface area contributed by atoms with Gasteiger partial charge in [0.15, 0.2) is 0 Å². The lowest BCUT2D eigenvalue weighted by molar-refractivity contribution is 1.38. The predicted octanol–water partition coefficient (Wildman–Crippen LogP) is 3.29. The van der Waals surface area contributed by atoms with Crippen molar-refractivity contribution in [3.63, 3.8) is 0 Å². The van der Waals surface area contributed by atoms with Crippen LogP contribution in [0.15, 0.2) is 39.8 Å². The van der Waals surface area contributed by atoms with Gasteiger partial charge in [0.25, 0.3) is 0 Å². The zero-order valence-electron chi connectivity index (χ0n) is 6.16. The fraction of sp³-hybridized carbons (Fsp3) is 0. The Labute approximate surface area is 84.4 Å². The summed E-state index contributed by atoms with van der Waals surface area (Å²) in [6, 6.07) is 7.82. The van der Waals surface area contributed by atoms with Crippen molar-refractivity contribution >= 4 is 39.5 Å². The standard InChI is InChI=1S/C9H6BrNS/c10-8-3-4-11-9-2-1-6(12)5-7(8)9/h1-5,12H. The molecule has 0 spiro atoms. The SMILES string of the molecule is Sc1ccc2nccc(Br)c2c1. The zero-order valence-corrected chi connectivity index (χ0v) is 8.64. The maximum Gasteiger partial charge on any atom is 0.0714 e. The minimum atomic E-state index is 0.955. The van der Waals surface area contributed by atoms with Gasteiger partial charge in [0.05, 0.1) is 5.52 Å². The number of aromatic nitrogens is 1. The highest BCUT2D eigenvalue weighted by Crippen LogP contribution is 2.23. The molecule has 0 unspecified atom stereocenters. The lowest BCUT2D eigenvalue weighted by Crippen LogP contribution is -1.78. The van der Waals surface area contributed by atoms with E-state index in [2.05, 4.69) is 33.5 Å². The summed E-state index contributed by atoms with van der Waals surface area (Å²) in [6.07, 6.45) is 1.78. The number of halogens is 1. The molecule has 1 nitrogen and oxygen atoms in total. The molecule has 2 aromatic rings. The Morgan fingerprint density at radius 1 is 1.25 bits per heavy atom. The monoisotopic (exact) mass is 239 g/mol. The number of nitrogens with zero attached hydrogens (tertiary/aromatic N) is 1. The van der Waals surface area contributed by atoms with Gasteiger partial charge in [-0.3, -0.25) is 4.98 Å². The van der Waals surface area contributed by atoms with Crippen LogP contribution in [0.1, 0.15) is 0 Å². The molecule has 0 N–H and O–H groups in total. The molecule has 0 amide bonds. The lowest BCUT2D eigenvalue weighted by Gasteiger charge is -1.99. The van der Waals surface area contributed by atoms with Crippen LogP contribution >= 0.6 is 28.6 Å². The first-order valence-corrected chi connectivity index (χ1v) is 4.74. The molecule has 0 atom stereocenters. The summed E-state index contributed by atoms with van der Waals surface area (Å²) in [4.78, 5) is 5.17. The molecule has 1 aromatic heterocycles. The maximum absolute atomic E-state index is 4.26. The fourth-order valence-corrected chi connectivity index (χ4v) is 1.74. The Kier molecular flexibility index (Phi) is 2.07. The topological polar surface area (TPSA) is 12.9 Å². The molecule has 0 aliphatic rings. The summed E-state index contributed by atoms with van der Waals surface area (Å²) in [5.74, 6) is 0. The van der Waals surface area contributed by atoms with Gasteiger partial charge < -0.3 is 0 Å². The molecule has 0 fully saturated rings. The van der Waals surface area contributed by atoms with E-state index in [-0.39, 0.29) is 0 Å². The Bertz CT molecular complexity index is 428. The minimum absolute atomic E-state index is 0.955. The van der Waals surface area contributed by atoms with Crippen LogP contribution in [-0.4, -0.2) is 4.98 Å². The van der Waals surface area contributed by atoms with Crippen LogP contribution in [-0.2, 0) is 0 Å². The van der Waals surface area contributed by atoms with E-state index in [0.717, 1.165) is 20.3 Å². The van der Waals surface area contributed by atoms with Gasteiger partial charge in [0.2, 0.25) is 0 Å². The van der Waals surface area contributed by atoms with Crippen LogP contribution in [0.25, 0.3) is 10.9 Å². The largest absolute Gasteiger partial charge is 0.256 e. The van der Waals surface area contributed by atoms with Gasteiger partial charge in [-0.2, -0.15) is 0 Å². The summed E-state index contributed by atoms with van der Waals surface area (Å²) < 4.78 is 1.06. The van der Waals surface area contributed by atoms with Gasteiger partial charge in [-0.15, -0.1) is 12.6 Å². The van der Waals surface area contributed by atoms with Gasteiger partial charge in [0, 0.05) is 21.0 Å². The molecule has 0 radical (unpaired) electrons. The number of thiol groups is 1. The molecule has 3 heteroatoms. The van der Waals surface area contributed by atoms with Crippen molar-refractivity contribution in [1.82, 2.24) is 4.98 Å². The van der Waals surface area contributed by atoms with Crippen molar-refractivity contribution in [2.24, 2.45) is 0 Å². The Morgan fingerprint density at radius 2 is 2.08 bits per heavy atom. The average Bonchev–Trinajstić information content (AvgIpc) is 2.07. The predicted molar refractivity (Wildman–Crippen MR) is 56.7 cm³/mol. The zero-order chi connectivity index (χ0) is 8.55. The van der Waals surface area contributed by atoms with E-state index in [4.69, 9.17) is 0 Å². The van der Waals surface area contributed by atoms with E-state index in [1.54, 1.807) is 6.20 Å². The van der Waals surface area contributed by atoms with Crippen molar-refractivity contribution < 1.29 is 0 Å². The quantitative estimate of drug-likeness (QED) is 0.697. The number of fused-ring (bicyclic) bond motifs is 1. The van der Waals surface area contributed by atoms with Crippen molar-refractivity contribution in [1.29, 1.82) is 0 Å². The smallest absolute Gasteiger partial charge is 0.0714 e. The fourth-order valence-electron chi connectivity index (χ4n) is 1.10. The Hall–Kier alpha value is -0.540. The van der Waals surface area contributed by atoms with Crippen LogP contribution in [0, 0.1) is 0 Å². The van der Waals surface area contributed by atoms with E-state index in [1.807, 2.05) is 24.3 Å². The van der Waals surface area contributed by atoms with Gasteiger partial charge >= 0.3 is 0 Å². The van der Waals surface area contributed by atoms with E-state index in [1.165, 1.54) is 0 Å². The highest BCUT2D eigenvalue weighted by Gasteiger charge is 1.98. The Morgan fingerprint density at radius 3 is 2.92 bits per heavy atom. The second-order valence-corrected chi connectivity index (χ2v) is 3.86. The molecular formula is C9H6BrNS. The van der Waals surface area contributed by atoms with Crippen molar-refractivity contribution in [2.75, 3.05) is 0 Å². The summed E-state index contributed by atoms with van der Waals surface area (Å²) in [5.41, 5.74) is 0.988. The first-order valence-electron chi connectivity index (χ1n) is 3.50. The third-order valence-electron chi connectivity index (χ3n) is 1.67. The number of hydrogen-bond donors (Lipinski definition) is 1. The molecular weight excluding hydrogens is 234 g/mol. The highest BCUT2D eigenvalue weighted by atomic mass is 79.9. The van der Waals surface area contributed by atoms with Crippen LogP contribution in [0.3, 0.4) is 0 Å². The van der Waals surface area contributed by atoms with Crippen LogP contribution in [0.4, 0.5) is 0 Å². The third-order valence-corrected chi connectivity index (χ3v) is 2.64. The molecule has 0 aliphatic heterocycles. The first kappa shape index (κ1) is 8.08. The maximum atomic E-state index is 4.26. The van der Waals surface area contributed by atoms with Gasteiger partial charge in [-0.25, -0.2) is 0 Å². The van der Waals surface area contributed by atoms with Crippen LogP contribution in [0.5, 0.6) is 0 Å². The second-order valence-electron chi connectivity index (χ2n) is 2.49. The molecule has 0 aliphatic carbocycles. The lowest BCUT2D eigenvalue weighted by atomic mass is 10.2. The number of hydrogen-bond acceptors (Lipinski definition) is 2. The molecule has 2 rings (SSSR count). The third kappa shape index (κ3) is 1.34. The van der Waals surface area contributed by atoms with Crippen molar-refractivity contribution in [2.45, 2.75) is 4.90 Å². The first-order chi connectivity index (χ1) is 5.77. The normalized spacial score (nSPS) is 10.5. The average molecular weight is 240 g/mol. The van der Waals surface area contributed by atoms with Crippen molar-refractivity contribution in [3.05, 3.63) is 34.9 Å². The van der Waals surface area contributed by atoms with E-state index in [0.29, 0.717) is 0 Å². The minimum Gasteiger partial charge on any atom is -0.256 e. The van der Waals surface area contributed by atoms with E-state index < -0.39 is 0 Å². The summed E-state index contributed by atoms with van der Waals surface area (Å²) in [6.45, 7) is 0. The molecule has 0 saturated heterocycles. The molecule has 0 saturated carbocycles. The van der Waals surface area contributed by atoms with E-state index in [9.17, 15) is 0 Å². The van der Waals surface area contributed by atoms with Gasteiger partial charge in [-0.1, -0.05) is 15.9 Å². The number of benzene rings is 1. The van der Waals surface area contributed by atoms with Crippen molar-refractivity contribution in [3.8, 4) is 0 Å². The number of rotatable bonds is 0. The molecule has 1 aromatic carbocycles. The van der Waals surface area contributed by atoms with Crippen LogP contribution < -0.4 is 0 Å². The summed E-state index contributed by atoms with van der Waals surface area (Å²) in [7, 11) is 0. The van der Waals surface area contributed by atoms with Gasteiger partial charge in [0.1, 0.15) is 0 Å². The van der Waals surface area contributed by atoms with Crippen LogP contribution in [0.2, 0.25) is 0 Å². The highest BCUT2D eigenvalue weighted by molar-refractivity contribution is 9.10. The molecule has 1 heterocycles. The number of pyridine rings is 1. The molecule has 60 valence electrons. The molecule has 0 bridgehead atoms.